The molecule has 38 heavy (non-hydrogen) atoms. The number of nitrogens with zero attached hydrogens (tertiary/aromatic N) is 2. The van der Waals surface area contributed by atoms with E-state index in [-0.39, 0.29) is 6.61 Å². The van der Waals surface area contributed by atoms with E-state index in [2.05, 4.69) is 19.8 Å². The van der Waals surface area contributed by atoms with Crippen LogP contribution in [0.25, 0.3) is 0 Å². The summed E-state index contributed by atoms with van der Waals surface area (Å²) in [6.45, 7) is 3.96. The van der Waals surface area contributed by atoms with Gasteiger partial charge in [-0.3, -0.25) is 9.59 Å². The second kappa shape index (κ2) is 13.6. The van der Waals surface area contributed by atoms with E-state index >= 15 is 0 Å². The summed E-state index contributed by atoms with van der Waals surface area (Å²) < 4.78 is 13.1. The van der Waals surface area contributed by atoms with Gasteiger partial charge in [0.05, 0.1) is 19.8 Å². The minimum absolute atomic E-state index is 0.186. The number of benzene rings is 2. The van der Waals surface area contributed by atoms with Gasteiger partial charge in [0.15, 0.2) is 12.2 Å². The molecule has 0 spiro atoms. The lowest BCUT2D eigenvalue weighted by Gasteiger charge is -2.34. The molecule has 13 heteroatoms. The molecule has 2 aliphatic rings. The molecule has 0 saturated carbocycles. The molecule has 12 nitrogen and oxygen atoms in total. The van der Waals surface area contributed by atoms with Crippen LogP contribution in [0.1, 0.15) is 5.56 Å². The van der Waals surface area contributed by atoms with Crippen molar-refractivity contribution in [2.24, 2.45) is 5.90 Å². The molecule has 0 radical (unpaired) electrons. The van der Waals surface area contributed by atoms with Crippen molar-refractivity contribution in [3.05, 3.63) is 54.1 Å². The summed E-state index contributed by atoms with van der Waals surface area (Å²) in [6.07, 6.45) is -3.20. The van der Waals surface area contributed by atoms with Crippen LogP contribution in [-0.2, 0) is 30.3 Å². The highest BCUT2D eigenvalue weighted by Crippen LogP contribution is 2.27. The Hall–Kier alpha value is -3.20. The Labute approximate surface area is 224 Å². The number of nitrogens with one attached hydrogen (secondary N) is 2. The molecule has 2 aromatic rings. The monoisotopic (exact) mass is 545 g/mol. The van der Waals surface area contributed by atoms with E-state index in [4.69, 9.17) is 15.4 Å². The summed E-state index contributed by atoms with van der Waals surface area (Å²) in [5.74, 6) is 3.54. The fraction of sp³-hybridized carbons (Fsp3) is 0.400. The van der Waals surface area contributed by atoms with Gasteiger partial charge in [-0.25, -0.2) is 9.10 Å². The Morgan fingerprint density at radius 1 is 1.08 bits per heavy atom. The Balaban J connectivity index is 1.30. The highest BCUT2D eigenvalue weighted by molar-refractivity contribution is 7.97. The van der Waals surface area contributed by atoms with E-state index in [0.29, 0.717) is 44.1 Å². The zero-order chi connectivity index (χ0) is 26.9. The molecule has 5 N–H and O–H groups in total. The highest BCUT2D eigenvalue weighted by Gasteiger charge is 2.39. The first-order valence-corrected chi connectivity index (χ1v) is 13.0. The molecule has 3 amide bonds. The van der Waals surface area contributed by atoms with Gasteiger partial charge in [-0.1, -0.05) is 12.1 Å². The lowest BCUT2D eigenvalue weighted by atomic mass is 10.1. The van der Waals surface area contributed by atoms with Crippen molar-refractivity contribution < 1.29 is 33.8 Å². The Morgan fingerprint density at radius 3 is 2.47 bits per heavy atom. The lowest BCUT2D eigenvalue weighted by molar-refractivity contribution is -0.150. The van der Waals surface area contributed by atoms with E-state index < -0.39 is 30.1 Å². The molecule has 2 unspecified atom stereocenters. The van der Waals surface area contributed by atoms with Crippen LogP contribution >= 0.6 is 11.9 Å². The Bertz CT molecular complexity index is 1100. The Morgan fingerprint density at radius 2 is 1.79 bits per heavy atom. The topological polar surface area (TPSA) is 156 Å². The number of aliphatic hydroxyl groups excluding tert-OH is 1. The van der Waals surface area contributed by atoms with Gasteiger partial charge in [0.1, 0.15) is 0 Å². The van der Waals surface area contributed by atoms with Crippen molar-refractivity contribution in [3.63, 3.8) is 0 Å². The molecule has 0 aromatic heterocycles. The molecular weight excluding hydrogens is 514 g/mol. The number of anilines is 2. The number of hydrogen-bond donors (Lipinski definition) is 4. The fourth-order valence-corrected chi connectivity index (χ4v) is 4.91. The predicted octanol–water partition coefficient (Wildman–Crippen LogP) is 0.900. The normalized spacial score (nSPS) is 19.1. The molecule has 2 saturated heterocycles. The van der Waals surface area contributed by atoms with Gasteiger partial charge in [-0.2, -0.15) is 5.90 Å². The van der Waals surface area contributed by atoms with Gasteiger partial charge in [0, 0.05) is 42.4 Å². The van der Waals surface area contributed by atoms with Crippen LogP contribution in [-0.4, -0.2) is 85.5 Å². The maximum absolute atomic E-state index is 13.1. The van der Waals surface area contributed by atoms with Gasteiger partial charge in [-0.05, 0) is 60.3 Å². The first kappa shape index (κ1) is 27.8. The van der Waals surface area contributed by atoms with Gasteiger partial charge >= 0.3 is 6.09 Å². The lowest BCUT2D eigenvalue weighted by Crippen LogP contribution is -2.55. The summed E-state index contributed by atoms with van der Waals surface area (Å²) >= 11 is 1.64. The van der Waals surface area contributed by atoms with Crippen LogP contribution in [0.5, 0.6) is 0 Å². The number of rotatable bonds is 9. The third kappa shape index (κ3) is 7.43. The Kier molecular flexibility index (Phi) is 9.92. The number of nitrogens with two attached hydrogens (primary N) is 1. The number of carbonyl (C=O) groups is 3. The number of aliphatic hydroxyl groups is 1. The van der Waals surface area contributed by atoms with Gasteiger partial charge in [0.2, 0.25) is 0 Å². The standard InChI is InChI=1S/C25H31N5O7S/c26-37-25(34)27-10-9-17-1-3-18(4-2-17)28-23(32)21(31)22-24(33)30(13-16-36-22)19-5-7-20(8-6-19)38-29-11-14-35-15-12-29/h1-8,21-22,31H,9-16,26H2,(H,27,34)(H,28,32). The molecule has 0 aliphatic carbocycles. The predicted molar refractivity (Wildman–Crippen MR) is 140 cm³/mol. The SMILES string of the molecule is NOC(=O)NCCc1ccc(NC(=O)C(O)C2OCCN(c3ccc(SN4CCOCC4)cc3)C2=O)cc1. The quantitative estimate of drug-likeness (QED) is 0.264. The smallest absolute Gasteiger partial charge is 0.380 e. The van der Waals surface area contributed by atoms with Crippen molar-refractivity contribution in [2.75, 3.05) is 56.2 Å². The third-order valence-corrected chi connectivity index (χ3v) is 7.15. The molecule has 2 heterocycles. The molecule has 2 fully saturated rings. The van der Waals surface area contributed by atoms with Crippen LogP contribution in [0, 0.1) is 0 Å². The highest BCUT2D eigenvalue weighted by atomic mass is 32.2. The van der Waals surface area contributed by atoms with Crippen molar-refractivity contribution in [3.8, 4) is 0 Å². The molecular formula is C25H31N5O7S. The van der Waals surface area contributed by atoms with Crippen molar-refractivity contribution >= 4 is 41.2 Å². The average molecular weight is 546 g/mol. The summed E-state index contributed by atoms with van der Waals surface area (Å²) in [5, 5.41) is 15.7. The first-order chi connectivity index (χ1) is 18.4. The average Bonchev–Trinajstić information content (AvgIpc) is 2.94. The van der Waals surface area contributed by atoms with Crippen LogP contribution in [0.2, 0.25) is 0 Å². The number of ether oxygens (including phenoxy) is 2. The van der Waals surface area contributed by atoms with E-state index in [1.54, 1.807) is 36.2 Å². The molecule has 204 valence electrons. The molecule has 2 atom stereocenters. The second-order valence-electron chi connectivity index (χ2n) is 8.62. The number of morpholine rings is 2. The zero-order valence-corrected chi connectivity index (χ0v) is 21.5. The molecule has 2 aromatic carbocycles. The second-order valence-corrected chi connectivity index (χ2v) is 9.79. The van der Waals surface area contributed by atoms with Crippen LogP contribution < -0.4 is 21.4 Å². The number of hydrogen-bond acceptors (Lipinski definition) is 10. The maximum Gasteiger partial charge on any atom is 0.425 e. The largest absolute Gasteiger partial charge is 0.425 e. The summed E-state index contributed by atoms with van der Waals surface area (Å²) in [5.41, 5.74) is 2.02. The maximum atomic E-state index is 13.1. The zero-order valence-electron chi connectivity index (χ0n) is 20.7. The third-order valence-electron chi connectivity index (χ3n) is 6.04. The van der Waals surface area contributed by atoms with Gasteiger partial charge in [0.25, 0.3) is 11.8 Å². The van der Waals surface area contributed by atoms with Crippen LogP contribution in [0.3, 0.4) is 0 Å². The van der Waals surface area contributed by atoms with Gasteiger partial charge < -0.3 is 35.0 Å². The first-order valence-electron chi connectivity index (χ1n) is 12.2. The number of amides is 3. The van der Waals surface area contributed by atoms with E-state index in [1.165, 1.54) is 4.90 Å². The van der Waals surface area contributed by atoms with E-state index in [9.17, 15) is 19.5 Å². The summed E-state index contributed by atoms with van der Waals surface area (Å²) in [7, 11) is 0. The fourth-order valence-electron chi connectivity index (χ4n) is 4.02. The van der Waals surface area contributed by atoms with Crippen molar-refractivity contribution in [2.45, 2.75) is 23.5 Å². The van der Waals surface area contributed by atoms with E-state index in [1.807, 2.05) is 24.3 Å². The minimum Gasteiger partial charge on any atom is -0.380 e. The van der Waals surface area contributed by atoms with Crippen LogP contribution in [0.15, 0.2) is 53.4 Å². The van der Waals surface area contributed by atoms with Crippen LogP contribution in [0.4, 0.5) is 16.2 Å². The summed E-state index contributed by atoms with van der Waals surface area (Å²) in [4.78, 5) is 43.4. The van der Waals surface area contributed by atoms with Crippen molar-refractivity contribution in [1.82, 2.24) is 9.62 Å². The molecule has 0 bridgehead atoms. The molecule has 4 rings (SSSR count). The van der Waals surface area contributed by atoms with Gasteiger partial charge in [-0.15, -0.1) is 0 Å². The molecule has 2 aliphatic heterocycles. The summed E-state index contributed by atoms with van der Waals surface area (Å²) in [6, 6.07) is 14.4. The van der Waals surface area contributed by atoms with E-state index in [0.717, 1.165) is 23.5 Å². The minimum atomic E-state index is -1.69. The number of carbonyl (C=O) groups excluding carboxylic acids is 3. The van der Waals surface area contributed by atoms with Crippen molar-refractivity contribution in [1.29, 1.82) is 0 Å².